The first-order chi connectivity index (χ1) is 11.9. The Morgan fingerprint density at radius 2 is 2.20 bits per heavy atom. The van der Waals surface area contributed by atoms with Gasteiger partial charge in [0.15, 0.2) is 0 Å². The monoisotopic (exact) mass is 347 g/mol. The summed E-state index contributed by atoms with van der Waals surface area (Å²) in [5.41, 5.74) is 9.79. The molecule has 0 aliphatic carbocycles. The van der Waals surface area contributed by atoms with Crippen molar-refractivity contribution in [2.24, 2.45) is 5.73 Å². The summed E-state index contributed by atoms with van der Waals surface area (Å²) < 4.78 is 10.6. The highest BCUT2D eigenvalue weighted by Crippen LogP contribution is 2.42. The number of phenolic OH excluding ortho intramolecular Hbond substituents is 1. The molecule has 1 atom stereocenters. The van der Waals surface area contributed by atoms with Gasteiger partial charge in [-0.1, -0.05) is 31.4 Å². The maximum Gasteiger partial charge on any atom is 0.342 e. The molecule has 0 radical (unpaired) electrons. The van der Waals surface area contributed by atoms with Crippen molar-refractivity contribution in [2.75, 3.05) is 7.11 Å². The van der Waals surface area contributed by atoms with Gasteiger partial charge in [0.1, 0.15) is 23.7 Å². The van der Waals surface area contributed by atoms with Crippen molar-refractivity contribution in [3.8, 4) is 11.5 Å². The van der Waals surface area contributed by atoms with E-state index >= 15 is 0 Å². The third kappa shape index (κ3) is 4.15. The van der Waals surface area contributed by atoms with Gasteiger partial charge in [-0.25, -0.2) is 4.79 Å². The quantitative estimate of drug-likeness (QED) is 0.552. The van der Waals surface area contributed by atoms with Crippen LogP contribution in [0, 0.1) is 6.92 Å². The summed E-state index contributed by atoms with van der Waals surface area (Å²) in [6, 6.07) is 0.156. The van der Waals surface area contributed by atoms with Crippen molar-refractivity contribution in [3.63, 3.8) is 0 Å². The van der Waals surface area contributed by atoms with E-state index in [0.717, 1.165) is 31.2 Å². The zero-order valence-electron chi connectivity index (χ0n) is 15.6. The fraction of sp³-hybridized carbons (Fsp3) is 0.550. The molecule has 25 heavy (non-hydrogen) atoms. The number of hydrogen-bond donors (Lipinski definition) is 2. The van der Waals surface area contributed by atoms with Crippen LogP contribution in [-0.4, -0.2) is 24.2 Å². The minimum absolute atomic E-state index is 0.0284. The Morgan fingerprint density at radius 1 is 1.48 bits per heavy atom. The Balaban J connectivity index is 2.25. The number of unbranched alkanes of at least 4 members (excludes halogenated alkanes) is 1. The number of cyclic esters (lactones) is 1. The Kier molecular flexibility index (Phi) is 6.48. The van der Waals surface area contributed by atoms with Gasteiger partial charge in [0.05, 0.1) is 7.11 Å². The topological polar surface area (TPSA) is 81.8 Å². The van der Waals surface area contributed by atoms with Crippen LogP contribution in [0.25, 0.3) is 0 Å². The third-order valence-corrected chi connectivity index (χ3v) is 4.81. The average molecular weight is 347 g/mol. The predicted octanol–water partition coefficient (Wildman–Crippen LogP) is 3.78. The number of ether oxygens (including phenoxy) is 2. The molecule has 138 valence electrons. The van der Waals surface area contributed by atoms with Crippen LogP contribution < -0.4 is 10.5 Å². The fourth-order valence-corrected chi connectivity index (χ4v) is 3.37. The lowest BCUT2D eigenvalue weighted by molar-refractivity contribution is 0.0533. The number of allylic oxidation sites excluding steroid dienone is 1. The smallest absolute Gasteiger partial charge is 0.342 e. The minimum atomic E-state index is -0.471. The van der Waals surface area contributed by atoms with E-state index in [-0.39, 0.29) is 24.0 Å². The number of rotatable bonds is 8. The SMILES string of the molecule is CCCCC(N)C/C(C)=C/Cc1c(O)c2c(c(C)c1OC)COC2=O. The highest BCUT2D eigenvalue weighted by molar-refractivity contribution is 5.98. The molecule has 5 nitrogen and oxygen atoms in total. The second-order valence-corrected chi connectivity index (χ2v) is 6.78. The zero-order valence-corrected chi connectivity index (χ0v) is 15.6. The second-order valence-electron chi connectivity index (χ2n) is 6.78. The lowest BCUT2D eigenvalue weighted by Gasteiger charge is -2.16. The van der Waals surface area contributed by atoms with E-state index in [0.29, 0.717) is 23.3 Å². The Morgan fingerprint density at radius 3 is 2.84 bits per heavy atom. The largest absolute Gasteiger partial charge is 0.507 e. The summed E-state index contributed by atoms with van der Waals surface area (Å²) in [6.45, 7) is 6.28. The first-order valence-corrected chi connectivity index (χ1v) is 8.90. The summed E-state index contributed by atoms with van der Waals surface area (Å²) in [6.07, 6.45) is 6.66. The lowest BCUT2D eigenvalue weighted by atomic mass is 9.94. The molecule has 1 aromatic rings. The molecule has 1 aliphatic rings. The van der Waals surface area contributed by atoms with Crippen molar-refractivity contribution in [1.82, 2.24) is 0 Å². The van der Waals surface area contributed by atoms with Crippen LogP contribution in [0.3, 0.4) is 0 Å². The Hall–Kier alpha value is -2.01. The molecule has 0 bridgehead atoms. The van der Waals surface area contributed by atoms with Gasteiger partial charge >= 0.3 is 5.97 Å². The Bertz CT molecular complexity index is 679. The van der Waals surface area contributed by atoms with E-state index in [4.69, 9.17) is 15.2 Å². The van der Waals surface area contributed by atoms with E-state index in [2.05, 4.69) is 13.0 Å². The highest BCUT2D eigenvalue weighted by atomic mass is 16.5. The second kappa shape index (κ2) is 8.39. The number of carbonyl (C=O) groups excluding carboxylic acids is 1. The maximum absolute atomic E-state index is 11.9. The van der Waals surface area contributed by atoms with E-state index in [1.807, 2.05) is 13.8 Å². The fourth-order valence-electron chi connectivity index (χ4n) is 3.37. The van der Waals surface area contributed by atoms with E-state index in [1.165, 1.54) is 5.57 Å². The number of phenols is 1. The molecule has 1 unspecified atom stereocenters. The lowest BCUT2D eigenvalue weighted by Crippen LogP contribution is -2.19. The number of benzene rings is 1. The number of aromatic hydroxyl groups is 1. The molecule has 1 aliphatic heterocycles. The molecule has 0 fully saturated rings. The number of fused-ring (bicyclic) bond motifs is 1. The Labute approximate surface area is 149 Å². The van der Waals surface area contributed by atoms with Gasteiger partial charge in [0.2, 0.25) is 0 Å². The molecule has 0 aromatic heterocycles. The molecule has 2 rings (SSSR count). The van der Waals surface area contributed by atoms with Gasteiger partial charge in [-0.2, -0.15) is 0 Å². The van der Waals surface area contributed by atoms with Crippen LogP contribution >= 0.6 is 0 Å². The number of esters is 1. The van der Waals surface area contributed by atoms with E-state index in [1.54, 1.807) is 7.11 Å². The molecular formula is C20H29NO4. The van der Waals surface area contributed by atoms with Crippen LogP contribution in [0.15, 0.2) is 11.6 Å². The van der Waals surface area contributed by atoms with Gasteiger partial charge in [-0.05, 0) is 38.7 Å². The molecule has 1 aromatic carbocycles. The van der Waals surface area contributed by atoms with Gasteiger partial charge < -0.3 is 20.3 Å². The van der Waals surface area contributed by atoms with Crippen LogP contribution in [0.1, 0.15) is 66.6 Å². The van der Waals surface area contributed by atoms with Crippen molar-refractivity contribution in [1.29, 1.82) is 0 Å². The van der Waals surface area contributed by atoms with Crippen molar-refractivity contribution in [2.45, 2.75) is 65.5 Å². The van der Waals surface area contributed by atoms with Gasteiger partial charge in [0.25, 0.3) is 0 Å². The van der Waals surface area contributed by atoms with Gasteiger partial charge in [0, 0.05) is 17.2 Å². The van der Waals surface area contributed by atoms with Crippen molar-refractivity contribution < 1.29 is 19.4 Å². The van der Waals surface area contributed by atoms with Crippen LogP contribution in [0.5, 0.6) is 11.5 Å². The number of carbonyl (C=O) groups is 1. The zero-order chi connectivity index (χ0) is 18.6. The molecule has 5 heteroatoms. The molecule has 0 spiro atoms. The van der Waals surface area contributed by atoms with Crippen LogP contribution in [0.2, 0.25) is 0 Å². The summed E-state index contributed by atoms with van der Waals surface area (Å²) in [4.78, 5) is 11.9. The summed E-state index contributed by atoms with van der Waals surface area (Å²) in [5, 5.41) is 10.6. The van der Waals surface area contributed by atoms with Crippen LogP contribution in [-0.2, 0) is 17.8 Å². The maximum atomic E-state index is 11.9. The molecule has 0 amide bonds. The highest BCUT2D eigenvalue weighted by Gasteiger charge is 2.31. The minimum Gasteiger partial charge on any atom is -0.507 e. The first-order valence-electron chi connectivity index (χ1n) is 8.90. The van der Waals surface area contributed by atoms with Crippen molar-refractivity contribution in [3.05, 3.63) is 33.9 Å². The summed E-state index contributed by atoms with van der Waals surface area (Å²) in [7, 11) is 1.58. The molecule has 3 N–H and O–H groups in total. The normalized spacial score (nSPS) is 15.1. The summed E-state index contributed by atoms with van der Waals surface area (Å²) >= 11 is 0. The van der Waals surface area contributed by atoms with Gasteiger partial charge in [-0.15, -0.1) is 0 Å². The number of nitrogens with two attached hydrogens (primary N) is 1. The number of hydrogen-bond acceptors (Lipinski definition) is 5. The number of methoxy groups -OCH3 is 1. The van der Waals surface area contributed by atoms with Crippen LogP contribution in [0.4, 0.5) is 0 Å². The summed E-state index contributed by atoms with van der Waals surface area (Å²) in [5.74, 6) is 0.120. The average Bonchev–Trinajstić information content (AvgIpc) is 2.97. The predicted molar refractivity (Wildman–Crippen MR) is 98.1 cm³/mol. The van der Waals surface area contributed by atoms with Crippen molar-refractivity contribution >= 4 is 5.97 Å². The third-order valence-electron chi connectivity index (χ3n) is 4.81. The molecule has 0 saturated carbocycles. The van der Waals surface area contributed by atoms with E-state index < -0.39 is 5.97 Å². The first kappa shape index (κ1) is 19.3. The molecular weight excluding hydrogens is 318 g/mol. The molecule has 0 saturated heterocycles. The standard InChI is InChI=1S/C20H29NO4/c1-5-6-7-14(21)10-12(2)8-9-15-18(22)17-16(11-25-20(17)23)13(3)19(15)24-4/h8,14,22H,5-7,9-11,21H2,1-4H3/b12-8+. The van der Waals surface area contributed by atoms with E-state index in [9.17, 15) is 9.90 Å². The molecule has 1 heterocycles. The van der Waals surface area contributed by atoms with Gasteiger partial charge in [-0.3, -0.25) is 0 Å².